The summed E-state index contributed by atoms with van der Waals surface area (Å²) in [6.07, 6.45) is 0.408. The Morgan fingerprint density at radius 2 is 1.50 bits per heavy atom. The van der Waals surface area contributed by atoms with E-state index in [0.717, 1.165) is 16.7 Å². The first-order chi connectivity index (χ1) is 23.9. The van der Waals surface area contributed by atoms with Crippen molar-refractivity contribution in [1.29, 1.82) is 0 Å². The lowest BCUT2D eigenvalue weighted by atomic mass is 9.80. The van der Waals surface area contributed by atoms with Crippen LogP contribution in [0.3, 0.4) is 0 Å². The lowest BCUT2D eigenvalue weighted by molar-refractivity contribution is -0.0765. The molecule has 2 heterocycles. The van der Waals surface area contributed by atoms with Gasteiger partial charge in [0, 0.05) is 35.7 Å². The molecule has 12 heteroatoms. The van der Waals surface area contributed by atoms with E-state index in [2.05, 4.69) is 10.3 Å². The minimum atomic E-state index is -1.07. The maximum Gasteiger partial charge on any atom is 0.407 e. The van der Waals surface area contributed by atoms with Crippen LogP contribution in [0.5, 0.6) is 11.5 Å². The lowest BCUT2D eigenvalue weighted by Gasteiger charge is -2.37. The smallest absolute Gasteiger partial charge is 0.407 e. The lowest BCUT2D eigenvalue weighted by Crippen LogP contribution is -2.38. The molecule has 5 rings (SSSR count). The van der Waals surface area contributed by atoms with Gasteiger partial charge in [-0.2, -0.15) is 11.8 Å². The molecule has 0 spiro atoms. The summed E-state index contributed by atoms with van der Waals surface area (Å²) < 4.78 is 31.5. The Labute approximate surface area is 296 Å². The minimum absolute atomic E-state index is 0.125. The van der Waals surface area contributed by atoms with E-state index in [0.29, 0.717) is 35.8 Å². The standard InChI is InChI=1S/C38H45N3O8S/c1-25-23-41(35(43)40-34(25)42)33-22-32(50-21-20-39-36(44)49-37(2,3)4)31(48-33)24-47-38(26-10-8-7-9-11-26,27-12-16-29(45-5)17-13-27)28-14-18-30(46-6)19-15-28/h7-19,23,31-33H,20-22,24H2,1-6H3,(H,39,44)(H,40,42,43)/t31-,32+,33-/m1/s1. The van der Waals surface area contributed by atoms with Crippen molar-refractivity contribution < 1.29 is 28.5 Å². The highest BCUT2D eigenvalue weighted by atomic mass is 32.2. The number of rotatable bonds is 13. The molecule has 1 saturated heterocycles. The number of methoxy groups -OCH3 is 2. The fourth-order valence-corrected chi connectivity index (χ4v) is 7.14. The van der Waals surface area contributed by atoms with Crippen LogP contribution in [0.25, 0.3) is 0 Å². The van der Waals surface area contributed by atoms with Gasteiger partial charge >= 0.3 is 11.8 Å². The first-order valence-electron chi connectivity index (χ1n) is 16.5. The van der Waals surface area contributed by atoms with Crippen LogP contribution < -0.4 is 26.0 Å². The Morgan fingerprint density at radius 1 is 0.920 bits per heavy atom. The third kappa shape index (κ3) is 8.61. The number of carbonyl (C=O) groups excluding carboxylic acids is 1. The molecule has 4 aromatic rings. The zero-order valence-electron chi connectivity index (χ0n) is 29.3. The monoisotopic (exact) mass is 703 g/mol. The quantitative estimate of drug-likeness (QED) is 0.131. The third-order valence-electron chi connectivity index (χ3n) is 8.38. The van der Waals surface area contributed by atoms with Crippen molar-refractivity contribution in [2.24, 2.45) is 0 Å². The van der Waals surface area contributed by atoms with Crippen molar-refractivity contribution in [1.82, 2.24) is 14.9 Å². The largest absolute Gasteiger partial charge is 0.497 e. The molecule has 50 heavy (non-hydrogen) atoms. The van der Waals surface area contributed by atoms with Crippen molar-refractivity contribution in [3.05, 3.63) is 128 Å². The molecule has 0 unspecified atom stereocenters. The fraction of sp³-hybridized carbons (Fsp3) is 0.395. The van der Waals surface area contributed by atoms with Gasteiger partial charge in [-0.15, -0.1) is 0 Å². The maximum absolute atomic E-state index is 12.9. The molecule has 1 fully saturated rings. The number of ether oxygens (including phenoxy) is 5. The fourth-order valence-electron chi connectivity index (χ4n) is 5.96. The average molecular weight is 704 g/mol. The molecular weight excluding hydrogens is 658 g/mol. The highest BCUT2D eigenvalue weighted by Crippen LogP contribution is 2.43. The second-order valence-electron chi connectivity index (χ2n) is 13.0. The Hall–Kier alpha value is -4.52. The van der Waals surface area contributed by atoms with Gasteiger partial charge in [-0.1, -0.05) is 54.6 Å². The summed E-state index contributed by atoms with van der Waals surface area (Å²) >= 11 is 1.62. The van der Waals surface area contributed by atoms with Crippen LogP contribution in [0.15, 0.2) is 94.6 Å². The number of aryl methyl sites for hydroxylation is 1. The predicted molar refractivity (Wildman–Crippen MR) is 193 cm³/mol. The van der Waals surface area contributed by atoms with Crippen LogP contribution >= 0.6 is 11.8 Å². The predicted octanol–water partition coefficient (Wildman–Crippen LogP) is 5.78. The summed E-state index contributed by atoms with van der Waals surface area (Å²) in [6, 6.07) is 25.6. The Balaban J connectivity index is 1.49. The second-order valence-corrected chi connectivity index (χ2v) is 14.3. The summed E-state index contributed by atoms with van der Waals surface area (Å²) in [5.41, 5.74) is 0.411. The van der Waals surface area contributed by atoms with E-state index in [1.807, 2.05) is 99.6 Å². The van der Waals surface area contributed by atoms with Crippen LogP contribution in [-0.2, 0) is 19.8 Å². The molecular formula is C38H45N3O8S. The van der Waals surface area contributed by atoms with Crippen molar-refractivity contribution in [3.63, 3.8) is 0 Å². The molecule has 1 aromatic heterocycles. The number of benzene rings is 3. The van der Waals surface area contributed by atoms with Gasteiger partial charge in [0.1, 0.15) is 28.9 Å². The summed E-state index contributed by atoms with van der Waals surface area (Å²) in [6.45, 7) is 7.62. The number of amides is 1. The number of carbonyl (C=O) groups is 1. The first-order valence-corrected chi connectivity index (χ1v) is 17.5. The molecule has 0 aliphatic carbocycles. The molecule has 1 amide bonds. The van der Waals surface area contributed by atoms with E-state index >= 15 is 0 Å². The van der Waals surface area contributed by atoms with Gasteiger partial charge in [-0.05, 0) is 68.7 Å². The van der Waals surface area contributed by atoms with Crippen LogP contribution in [0.2, 0.25) is 0 Å². The van der Waals surface area contributed by atoms with E-state index < -0.39 is 40.9 Å². The third-order valence-corrected chi connectivity index (χ3v) is 9.74. The Bertz CT molecular complexity index is 1790. The van der Waals surface area contributed by atoms with Gasteiger partial charge in [-0.3, -0.25) is 14.3 Å². The highest BCUT2D eigenvalue weighted by Gasteiger charge is 2.42. The van der Waals surface area contributed by atoms with Gasteiger partial charge < -0.3 is 29.0 Å². The number of aromatic nitrogens is 2. The summed E-state index contributed by atoms with van der Waals surface area (Å²) in [5, 5.41) is 2.69. The molecule has 1 aliphatic heterocycles. The summed E-state index contributed by atoms with van der Waals surface area (Å²) in [5.74, 6) is 1.99. The molecule has 0 bridgehead atoms. The van der Waals surface area contributed by atoms with Gasteiger partial charge in [-0.25, -0.2) is 9.59 Å². The molecule has 11 nitrogen and oxygen atoms in total. The van der Waals surface area contributed by atoms with Crippen molar-refractivity contribution >= 4 is 17.9 Å². The molecule has 1 aliphatic rings. The van der Waals surface area contributed by atoms with Crippen LogP contribution in [0, 0.1) is 6.92 Å². The molecule has 2 N–H and O–H groups in total. The van der Waals surface area contributed by atoms with E-state index in [9.17, 15) is 14.4 Å². The highest BCUT2D eigenvalue weighted by molar-refractivity contribution is 8.00. The normalized spacial score (nSPS) is 17.7. The number of alkyl carbamates (subject to hydrolysis) is 1. The maximum atomic E-state index is 12.9. The zero-order chi connectivity index (χ0) is 35.9. The van der Waals surface area contributed by atoms with E-state index in [1.165, 1.54) is 10.8 Å². The average Bonchev–Trinajstić information content (AvgIpc) is 3.51. The molecule has 0 saturated carbocycles. The zero-order valence-corrected chi connectivity index (χ0v) is 30.1. The van der Waals surface area contributed by atoms with Crippen molar-refractivity contribution in [2.45, 2.75) is 62.9 Å². The number of aromatic amines is 1. The minimum Gasteiger partial charge on any atom is -0.497 e. The number of thioether (sulfide) groups is 1. The number of nitrogens with one attached hydrogen (secondary N) is 2. The van der Waals surface area contributed by atoms with Crippen molar-refractivity contribution in [3.8, 4) is 11.5 Å². The number of H-pyrrole nitrogens is 1. The molecule has 3 aromatic carbocycles. The topological polar surface area (TPSA) is 130 Å². The van der Waals surface area contributed by atoms with Gasteiger partial charge in [0.2, 0.25) is 0 Å². The van der Waals surface area contributed by atoms with Crippen LogP contribution in [-0.4, -0.2) is 65.7 Å². The summed E-state index contributed by atoms with van der Waals surface area (Å²) in [7, 11) is 3.26. The second kappa shape index (κ2) is 16.0. The number of nitrogens with zero attached hydrogens (tertiary/aromatic N) is 1. The van der Waals surface area contributed by atoms with Gasteiger partial charge in [0.25, 0.3) is 5.56 Å². The van der Waals surface area contributed by atoms with E-state index in [1.54, 1.807) is 32.9 Å². The number of hydrogen-bond acceptors (Lipinski definition) is 9. The number of hydrogen-bond donors (Lipinski definition) is 2. The van der Waals surface area contributed by atoms with E-state index in [4.69, 9.17) is 23.7 Å². The molecule has 266 valence electrons. The first kappa shape index (κ1) is 36.8. The van der Waals surface area contributed by atoms with Crippen LogP contribution in [0.4, 0.5) is 4.79 Å². The molecule has 0 radical (unpaired) electrons. The Kier molecular flexibility index (Phi) is 11.8. The van der Waals surface area contributed by atoms with Gasteiger partial charge in [0.05, 0.1) is 26.9 Å². The summed E-state index contributed by atoms with van der Waals surface area (Å²) in [4.78, 5) is 39.8. The van der Waals surface area contributed by atoms with Crippen molar-refractivity contribution in [2.75, 3.05) is 33.1 Å². The van der Waals surface area contributed by atoms with Gasteiger partial charge in [0.15, 0.2) is 0 Å². The molecule has 3 atom stereocenters. The SMILES string of the molecule is COc1ccc(C(OC[C@H]2O[C@@H](n3cc(C)c(=O)[nH]c3=O)C[C@@H]2SCCNC(=O)OC(C)(C)C)(c2ccccc2)c2ccc(OC)cc2)cc1. The Morgan fingerprint density at radius 3 is 2.06 bits per heavy atom. The van der Waals surface area contributed by atoms with Crippen LogP contribution in [0.1, 0.15) is 55.7 Å². The van der Waals surface area contributed by atoms with E-state index in [-0.39, 0.29) is 11.9 Å².